The minimum Gasteiger partial charge on any atom is -0.743 e. The van der Waals surface area contributed by atoms with Crippen LogP contribution in [0.15, 0.2) is 0 Å². The van der Waals surface area contributed by atoms with E-state index in [-0.39, 0.29) is 11.8 Å². The molecule has 0 N–H and O–H groups in total. The number of rotatable bonds is 10. The molecule has 0 radical (unpaired) electrons. The second-order valence-electron chi connectivity index (χ2n) is 10.6. The molecule has 11 nitrogen and oxygen atoms in total. The molecular weight excluding hydrogens is 522 g/mol. The molecule has 4 aliphatic rings. The summed E-state index contributed by atoms with van der Waals surface area (Å²) in [5, 5.41) is -4.80. The largest absolute Gasteiger partial charge is 0.743 e. The number of hydrogen-bond acceptors (Lipinski definition) is 11. The van der Waals surface area contributed by atoms with E-state index in [0.29, 0.717) is 6.42 Å². The summed E-state index contributed by atoms with van der Waals surface area (Å²) in [6, 6.07) is 0. The van der Waals surface area contributed by atoms with Crippen molar-refractivity contribution in [1.82, 2.24) is 0 Å². The molecule has 4 fully saturated rings. The van der Waals surface area contributed by atoms with Crippen LogP contribution in [0.2, 0.25) is 0 Å². The fraction of sp³-hybridized carbons (Fsp3) is 0.826. The van der Waals surface area contributed by atoms with Crippen LogP contribution in [-0.4, -0.2) is 66.5 Å². The Morgan fingerprint density at radius 2 is 1.76 bits per heavy atom. The lowest BCUT2D eigenvalue weighted by Crippen LogP contribution is -2.47. The van der Waals surface area contributed by atoms with Gasteiger partial charge in [0.2, 0.25) is 0 Å². The smallest absolute Gasteiger partial charge is 0.367 e. The number of carbonyl (C=O) groups excluding carboxylic acids is 4. The zero-order chi connectivity index (χ0) is 27.3. The van der Waals surface area contributed by atoms with Gasteiger partial charge in [0.1, 0.15) is 17.8 Å². The molecular formula is C23H29F2O11S-. The van der Waals surface area contributed by atoms with Gasteiger partial charge in [-0.05, 0) is 38.0 Å². The van der Waals surface area contributed by atoms with Gasteiger partial charge in [0, 0.05) is 11.8 Å². The Hall–Kier alpha value is -2.35. The van der Waals surface area contributed by atoms with E-state index in [0.717, 1.165) is 25.7 Å². The molecule has 0 aromatic heterocycles. The number of esters is 4. The third-order valence-corrected chi connectivity index (χ3v) is 9.04. The minimum atomic E-state index is -6.02. The fourth-order valence-electron chi connectivity index (χ4n) is 6.23. The first kappa shape index (κ1) is 27.7. The third kappa shape index (κ3) is 5.06. The third-order valence-electron chi connectivity index (χ3n) is 8.19. The van der Waals surface area contributed by atoms with E-state index < -0.39 is 94.3 Å². The summed E-state index contributed by atoms with van der Waals surface area (Å²) in [6.45, 7) is 1.99. The molecule has 4 rings (SSSR count). The van der Waals surface area contributed by atoms with Crippen molar-refractivity contribution in [3.63, 3.8) is 0 Å². The highest BCUT2D eigenvalue weighted by atomic mass is 32.2. The first-order valence-electron chi connectivity index (χ1n) is 12.3. The maximum Gasteiger partial charge on any atom is 0.367 e. The van der Waals surface area contributed by atoms with Crippen LogP contribution >= 0.6 is 0 Å². The number of hydrogen-bond donors (Lipinski definition) is 0. The molecule has 2 bridgehead atoms. The van der Waals surface area contributed by atoms with Crippen molar-refractivity contribution < 1.29 is 59.9 Å². The minimum absolute atomic E-state index is 0.0860. The van der Waals surface area contributed by atoms with Crippen LogP contribution < -0.4 is 0 Å². The normalized spacial score (nSPS) is 31.9. The highest BCUT2D eigenvalue weighted by Gasteiger charge is 2.70. The van der Waals surface area contributed by atoms with Crippen molar-refractivity contribution >= 4 is 34.0 Å². The summed E-state index contributed by atoms with van der Waals surface area (Å²) in [6.07, 6.45) is 0.782. The number of fused-ring (bicyclic) bond motifs is 1. The second-order valence-corrected chi connectivity index (χ2v) is 12.1. The van der Waals surface area contributed by atoms with E-state index in [2.05, 4.69) is 4.74 Å². The maximum absolute atomic E-state index is 13.3. The van der Waals surface area contributed by atoms with Crippen molar-refractivity contribution in [2.45, 2.75) is 81.9 Å². The van der Waals surface area contributed by atoms with Crippen molar-refractivity contribution in [3.8, 4) is 0 Å². The monoisotopic (exact) mass is 551 g/mol. The van der Waals surface area contributed by atoms with Crippen molar-refractivity contribution in [3.05, 3.63) is 0 Å². The predicted octanol–water partition coefficient (Wildman–Crippen LogP) is 1.68. The van der Waals surface area contributed by atoms with Crippen molar-refractivity contribution in [2.24, 2.45) is 29.6 Å². The number of alkyl halides is 2. The quantitative estimate of drug-likeness (QED) is 0.220. The molecule has 0 aromatic carbocycles. The van der Waals surface area contributed by atoms with E-state index in [4.69, 9.17) is 14.2 Å². The maximum atomic E-state index is 13.3. The molecule has 1 aliphatic heterocycles. The average Bonchev–Trinajstić information content (AvgIpc) is 3.54. The van der Waals surface area contributed by atoms with Gasteiger partial charge in [-0.2, -0.15) is 8.78 Å². The Bertz CT molecular complexity index is 1070. The summed E-state index contributed by atoms with van der Waals surface area (Å²) in [7, 11) is -6.02. The van der Waals surface area contributed by atoms with Crippen LogP contribution in [0, 0.1) is 29.6 Å². The van der Waals surface area contributed by atoms with Gasteiger partial charge in [0.15, 0.2) is 16.7 Å². The Morgan fingerprint density at radius 3 is 2.35 bits per heavy atom. The van der Waals surface area contributed by atoms with Gasteiger partial charge in [-0.3, -0.25) is 19.2 Å². The summed E-state index contributed by atoms with van der Waals surface area (Å²) in [5.41, 5.74) is -0.602. The van der Waals surface area contributed by atoms with Gasteiger partial charge < -0.3 is 23.5 Å². The SMILES string of the molecule is CC(C)C1(OC(=O)C2C3CC4C(OC(=O)C42)C3OC(=O)CCC(=O)OCC(F)(F)S(=O)(=O)[O-])CCCC1. The zero-order valence-corrected chi connectivity index (χ0v) is 21.2. The summed E-state index contributed by atoms with van der Waals surface area (Å²) >= 11 is 0. The predicted molar refractivity (Wildman–Crippen MR) is 115 cm³/mol. The molecule has 37 heavy (non-hydrogen) atoms. The van der Waals surface area contributed by atoms with Crippen molar-refractivity contribution in [1.29, 1.82) is 0 Å². The molecule has 3 saturated carbocycles. The fourth-order valence-corrected chi connectivity index (χ4v) is 6.43. The zero-order valence-electron chi connectivity index (χ0n) is 20.4. The lowest BCUT2D eigenvalue weighted by atomic mass is 9.78. The van der Waals surface area contributed by atoms with E-state index in [1.165, 1.54) is 0 Å². The Kier molecular flexibility index (Phi) is 7.30. The molecule has 0 amide bonds. The molecule has 1 saturated heterocycles. The van der Waals surface area contributed by atoms with Gasteiger partial charge in [-0.25, -0.2) is 8.42 Å². The van der Waals surface area contributed by atoms with Crippen molar-refractivity contribution in [2.75, 3.05) is 6.61 Å². The number of carbonyl (C=O) groups is 4. The summed E-state index contributed by atoms with van der Waals surface area (Å²) < 4.78 is 78.6. The molecule has 3 aliphatic carbocycles. The number of ether oxygens (including phenoxy) is 4. The number of halogens is 2. The Labute approximate surface area is 212 Å². The Balaban J connectivity index is 1.36. The van der Waals surface area contributed by atoms with Crippen LogP contribution in [0.25, 0.3) is 0 Å². The molecule has 1 heterocycles. The lowest BCUT2D eigenvalue weighted by Gasteiger charge is -2.37. The van der Waals surface area contributed by atoms with Gasteiger partial charge in [-0.15, -0.1) is 0 Å². The summed E-state index contributed by atoms with van der Waals surface area (Å²) in [4.78, 5) is 50.0. The first-order chi connectivity index (χ1) is 17.2. The van der Waals surface area contributed by atoms with E-state index in [9.17, 15) is 40.9 Å². The van der Waals surface area contributed by atoms with E-state index >= 15 is 0 Å². The molecule has 6 atom stereocenters. The van der Waals surface area contributed by atoms with Gasteiger partial charge in [0.05, 0.1) is 24.7 Å². The van der Waals surface area contributed by atoms with E-state index in [1.54, 1.807) is 0 Å². The average molecular weight is 552 g/mol. The van der Waals surface area contributed by atoms with Gasteiger partial charge in [-0.1, -0.05) is 13.8 Å². The van der Waals surface area contributed by atoms with Crippen LogP contribution in [-0.2, 0) is 48.2 Å². The topological polar surface area (TPSA) is 162 Å². The van der Waals surface area contributed by atoms with Gasteiger partial charge in [0.25, 0.3) is 0 Å². The van der Waals surface area contributed by atoms with Crippen LogP contribution in [0.5, 0.6) is 0 Å². The van der Waals surface area contributed by atoms with Crippen LogP contribution in [0.4, 0.5) is 8.78 Å². The molecule has 0 spiro atoms. The highest BCUT2D eigenvalue weighted by molar-refractivity contribution is 7.86. The first-order valence-corrected chi connectivity index (χ1v) is 13.7. The Morgan fingerprint density at radius 1 is 1.14 bits per heavy atom. The van der Waals surface area contributed by atoms with Gasteiger partial charge >= 0.3 is 29.1 Å². The highest BCUT2D eigenvalue weighted by Crippen LogP contribution is 2.59. The second kappa shape index (κ2) is 9.75. The van der Waals surface area contributed by atoms with Crippen LogP contribution in [0.3, 0.4) is 0 Å². The van der Waals surface area contributed by atoms with Crippen LogP contribution in [0.1, 0.15) is 58.8 Å². The molecule has 14 heteroatoms. The molecule has 6 unspecified atom stereocenters. The van der Waals surface area contributed by atoms with E-state index in [1.807, 2.05) is 13.8 Å². The lowest BCUT2D eigenvalue weighted by molar-refractivity contribution is -0.178. The molecule has 0 aromatic rings. The summed E-state index contributed by atoms with van der Waals surface area (Å²) in [5.74, 6) is -5.54. The molecule has 208 valence electrons. The standard InChI is InChI=1S/C23H30F2O11S/c1-11(2)22(7-3-4-8-22)36-21(29)17-13-9-12-16(17)20(28)35-19(12)18(13)34-15(27)6-5-14(26)33-10-23(24,25)37(30,31)32/h11-13,16-19H,3-10H2,1-2H3,(H,30,31,32)/p-1.